The van der Waals surface area contributed by atoms with Crippen LogP contribution in [0.4, 0.5) is 10.3 Å². The first kappa shape index (κ1) is 12.7. The zero-order valence-corrected chi connectivity index (χ0v) is 11.4. The number of benzene rings is 1. The van der Waals surface area contributed by atoms with Crippen molar-refractivity contribution in [2.24, 2.45) is 5.92 Å². The summed E-state index contributed by atoms with van der Waals surface area (Å²) >= 11 is 6.09. The highest BCUT2D eigenvalue weighted by molar-refractivity contribution is 6.20. The fraction of sp³-hybridized carbons (Fsp3) is 0.500. The van der Waals surface area contributed by atoms with Crippen molar-refractivity contribution in [2.45, 2.75) is 31.1 Å². The second kappa shape index (κ2) is 5.37. The van der Waals surface area contributed by atoms with Crippen molar-refractivity contribution in [1.29, 1.82) is 0 Å². The average Bonchev–Trinajstić information content (AvgIpc) is 2.80. The van der Waals surface area contributed by atoms with Gasteiger partial charge in [-0.2, -0.15) is 0 Å². The van der Waals surface area contributed by atoms with Gasteiger partial charge in [0.05, 0.1) is 11.0 Å². The molecule has 19 heavy (non-hydrogen) atoms. The Morgan fingerprint density at radius 1 is 1.32 bits per heavy atom. The second-order valence-electron chi connectivity index (χ2n) is 5.25. The summed E-state index contributed by atoms with van der Waals surface area (Å²) in [6.07, 6.45) is 4.52. The van der Waals surface area contributed by atoms with Gasteiger partial charge in [-0.25, -0.2) is 9.37 Å². The number of hydrogen-bond donors (Lipinski definition) is 2. The summed E-state index contributed by atoms with van der Waals surface area (Å²) < 4.78 is 13.1. The molecule has 0 unspecified atom stereocenters. The Bertz CT molecular complexity index is 561. The maximum absolute atomic E-state index is 13.1. The summed E-state index contributed by atoms with van der Waals surface area (Å²) in [5, 5.41) is 3.66. The molecule has 3 nitrogen and oxygen atoms in total. The fourth-order valence-electron chi connectivity index (χ4n) is 2.63. The van der Waals surface area contributed by atoms with Gasteiger partial charge in [-0.05, 0) is 49.8 Å². The van der Waals surface area contributed by atoms with Gasteiger partial charge >= 0.3 is 0 Å². The van der Waals surface area contributed by atoms with Gasteiger partial charge in [-0.3, -0.25) is 0 Å². The zero-order chi connectivity index (χ0) is 13.2. The summed E-state index contributed by atoms with van der Waals surface area (Å²) in [6, 6.07) is 4.58. The van der Waals surface area contributed by atoms with Crippen molar-refractivity contribution in [2.75, 3.05) is 11.9 Å². The molecular weight excluding hydrogens is 265 g/mol. The van der Waals surface area contributed by atoms with Crippen LogP contribution in [0.2, 0.25) is 0 Å². The summed E-state index contributed by atoms with van der Waals surface area (Å²) in [7, 11) is 0. The van der Waals surface area contributed by atoms with E-state index in [-0.39, 0.29) is 5.82 Å². The number of aromatic amines is 1. The van der Waals surface area contributed by atoms with E-state index in [9.17, 15) is 4.39 Å². The van der Waals surface area contributed by atoms with Crippen LogP contribution in [0.3, 0.4) is 0 Å². The number of nitrogens with zero attached hydrogens (tertiary/aromatic N) is 1. The average molecular weight is 282 g/mol. The molecule has 5 heteroatoms. The molecular formula is C14H17ClFN3. The molecule has 102 valence electrons. The third kappa shape index (κ3) is 3.00. The number of H-pyrrole nitrogens is 1. The van der Waals surface area contributed by atoms with Crippen molar-refractivity contribution in [3.8, 4) is 0 Å². The first-order valence-electron chi connectivity index (χ1n) is 6.74. The van der Waals surface area contributed by atoms with Gasteiger partial charge in [-0.15, -0.1) is 11.6 Å². The van der Waals surface area contributed by atoms with E-state index < -0.39 is 0 Å². The molecule has 0 bridgehead atoms. The van der Waals surface area contributed by atoms with Crippen LogP contribution in [0, 0.1) is 11.7 Å². The first-order valence-corrected chi connectivity index (χ1v) is 7.17. The monoisotopic (exact) mass is 281 g/mol. The van der Waals surface area contributed by atoms with Crippen molar-refractivity contribution in [3.63, 3.8) is 0 Å². The number of rotatable bonds is 3. The van der Waals surface area contributed by atoms with Gasteiger partial charge in [0.25, 0.3) is 0 Å². The third-order valence-electron chi connectivity index (χ3n) is 3.78. The van der Waals surface area contributed by atoms with Gasteiger partial charge in [-0.1, -0.05) is 0 Å². The first-order chi connectivity index (χ1) is 9.20. The molecule has 1 heterocycles. The van der Waals surface area contributed by atoms with E-state index >= 15 is 0 Å². The Morgan fingerprint density at radius 2 is 2.11 bits per heavy atom. The van der Waals surface area contributed by atoms with E-state index in [0.717, 1.165) is 43.3 Å². The molecule has 1 aliphatic carbocycles. The van der Waals surface area contributed by atoms with E-state index in [4.69, 9.17) is 11.6 Å². The summed E-state index contributed by atoms with van der Waals surface area (Å²) in [4.78, 5) is 7.49. The van der Waals surface area contributed by atoms with Crippen molar-refractivity contribution in [1.82, 2.24) is 9.97 Å². The van der Waals surface area contributed by atoms with Gasteiger partial charge in [0, 0.05) is 11.9 Å². The van der Waals surface area contributed by atoms with Crippen LogP contribution in [-0.2, 0) is 0 Å². The molecule has 1 aromatic carbocycles. The number of aromatic nitrogens is 2. The van der Waals surface area contributed by atoms with Crippen molar-refractivity contribution < 1.29 is 4.39 Å². The summed E-state index contributed by atoms with van der Waals surface area (Å²) in [6.45, 7) is 0.895. The molecule has 0 aliphatic heterocycles. The SMILES string of the molecule is Fc1ccc2nc(NCC3CCC(Cl)CC3)[nH]c2c1. The van der Waals surface area contributed by atoms with Crippen LogP contribution in [0.5, 0.6) is 0 Å². The number of imidazole rings is 1. The van der Waals surface area contributed by atoms with Crippen LogP contribution in [-0.4, -0.2) is 21.9 Å². The predicted molar refractivity (Wildman–Crippen MR) is 76.1 cm³/mol. The molecule has 1 aliphatic rings. The Balaban J connectivity index is 1.62. The minimum Gasteiger partial charge on any atom is -0.356 e. The van der Waals surface area contributed by atoms with Gasteiger partial charge in [0.1, 0.15) is 5.82 Å². The quantitative estimate of drug-likeness (QED) is 0.838. The van der Waals surface area contributed by atoms with Crippen LogP contribution < -0.4 is 5.32 Å². The Hall–Kier alpha value is -1.29. The van der Waals surface area contributed by atoms with Gasteiger partial charge in [0.15, 0.2) is 0 Å². The second-order valence-corrected chi connectivity index (χ2v) is 5.86. The molecule has 2 aromatic rings. The van der Waals surface area contributed by atoms with Crippen molar-refractivity contribution in [3.05, 3.63) is 24.0 Å². The Kier molecular flexibility index (Phi) is 3.60. The summed E-state index contributed by atoms with van der Waals surface area (Å²) in [5.74, 6) is 1.12. The Morgan fingerprint density at radius 3 is 2.89 bits per heavy atom. The molecule has 0 amide bonds. The minimum atomic E-state index is -0.247. The molecule has 0 radical (unpaired) electrons. The largest absolute Gasteiger partial charge is 0.356 e. The molecule has 2 N–H and O–H groups in total. The predicted octanol–water partition coefficient (Wildman–Crippen LogP) is 3.91. The van der Waals surface area contributed by atoms with Gasteiger partial charge in [0.2, 0.25) is 5.95 Å². The topological polar surface area (TPSA) is 40.7 Å². The highest BCUT2D eigenvalue weighted by atomic mass is 35.5. The van der Waals surface area contributed by atoms with Crippen LogP contribution >= 0.6 is 11.6 Å². The number of fused-ring (bicyclic) bond motifs is 1. The molecule has 0 spiro atoms. The maximum atomic E-state index is 13.1. The highest BCUT2D eigenvalue weighted by Crippen LogP contribution is 2.27. The normalized spacial score (nSPS) is 23.7. The van der Waals surface area contributed by atoms with E-state index in [0.29, 0.717) is 17.2 Å². The van der Waals surface area contributed by atoms with Crippen LogP contribution in [0.1, 0.15) is 25.7 Å². The third-order valence-corrected chi connectivity index (χ3v) is 4.21. The lowest BCUT2D eigenvalue weighted by Gasteiger charge is -2.24. The van der Waals surface area contributed by atoms with E-state index in [2.05, 4.69) is 15.3 Å². The molecule has 1 saturated carbocycles. The lowest BCUT2D eigenvalue weighted by molar-refractivity contribution is 0.377. The maximum Gasteiger partial charge on any atom is 0.201 e. The standard InChI is InChI=1S/C14H17ClFN3/c15-10-3-1-9(2-4-10)8-17-14-18-12-6-5-11(16)7-13(12)19-14/h5-7,9-10H,1-4,8H2,(H2,17,18,19). The van der Waals surface area contributed by atoms with E-state index in [1.54, 1.807) is 6.07 Å². The minimum absolute atomic E-state index is 0.247. The molecule has 0 atom stereocenters. The number of alkyl halides is 1. The number of anilines is 1. The van der Waals surface area contributed by atoms with E-state index in [1.165, 1.54) is 12.1 Å². The van der Waals surface area contributed by atoms with E-state index in [1.807, 2.05) is 0 Å². The summed E-state index contributed by atoms with van der Waals surface area (Å²) in [5.41, 5.74) is 1.51. The molecule has 3 rings (SSSR count). The lowest BCUT2D eigenvalue weighted by Crippen LogP contribution is -2.21. The molecule has 0 saturated heterocycles. The number of hydrogen-bond acceptors (Lipinski definition) is 2. The smallest absolute Gasteiger partial charge is 0.201 e. The number of nitrogens with one attached hydrogen (secondary N) is 2. The molecule has 1 fully saturated rings. The number of halogens is 2. The molecule has 1 aromatic heterocycles. The highest BCUT2D eigenvalue weighted by Gasteiger charge is 2.19. The van der Waals surface area contributed by atoms with Gasteiger partial charge < -0.3 is 10.3 Å². The zero-order valence-electron chi connectivity index (χ0n) is 10.6. The fourth-order valence-corrected chi connectivity index (χ4v) is 2.88. The lowest BCUT2D eigenvalue weighted by atomic mass is 9.89. The van der Waals surface area contributed by atoms with Crippen molar-refractivity contribution >= 4 is 28.6 Å². The van der Waals surface area contributed by atoms with Crippen LogP contribution in [0.25, 0.3) is 11.0 Å². The Labute approximate surface area is 116 Å². The van der Waals surface area contributed by atoms with Crippen LogP contribution in [0.15, 0.2) is 18.2 Å².